The summed E-state index contributed by atoms with van der Waals surface area (Å²) in [7, 11) is 1.60. The predicted molar refractivity (Wildman–Crippen MR) is 101 cm³/mol. The van der Waals surface area contributed by atoms with Gasteiger partial charge in [0.2, 0.25) is 11.8 Å². The second kappa shape index (κ2) is 8.54. The van der Waals surface area contributed by atoms with E-state index in [1.807, 2.05) is 24.3 Å². The zero-order valence-corrected chi connectivity index (χ0v) is 15.8. The number of anilines is 1. The van der Waals surface area contributed by atoms with E-state index in [0.717, 1.165) is 25.1 Å². The van der Waals surface area contributed by atoms with Gasteiger partial charge in [0.15, 0.2) is 0 Å². The second-order valence-corrected chi connectivity index (χ2v) is 7.06. The molecule has 0 bridgehead atoms. The summed E-state index contributed by atoms with van der Waals surface area (Å²) in [5.41, 5.74) is 0.772. The molecule has 2 amide bonds. The molecular formula is C20H29N3O3. The molecule has 1 aromatic rings. The highest BCUT2D eigenvalue weighted by Crippen LogP contribution is 2.29. The van der Waals surface area contributed by atoms with Crippen molar-refractivity contribution in [2.24, 2.45) is 0 Å². The van der Waals surface area contributed by atoms with Crippen LogP contribution >= 0.6 is 0 Å². The van der Waals surface area contributed by atoms with Crippen LogP contribution < -0.4 is 9.64 Å². The van der Waals surface area contributed by atoms with Crippen molar-refractivity contribution < 1.29 is 14.3 Å². The summed E-state index contributed by atoms with van der Waals surface area (Å²) in [5, 5.41) is 0. The van der Waals surface area contributed by atoms with Gasteiger partial charge in [-0.2, -0.15) is 0 Å². The van der Waals surface area contributed by atoms with Gasteiger partial charge in [-0.25, -0.2) is 0 Å². The number of ether oxygens (including phenoxy) is 1. The Bertz CT molecular complexity index is 649. The molecular weight excluding hydrogens is 330 g/mol. The molecule has 1 aromatic carbocycles. The molecule has 0 aromatic heterocycles. The molecule has 142 valence electrons. The van der Waals surface area contributed by atoms with Crippen LogP contribution in [0.5, 0.6) is 5.75 Å². The van der Waals surface area contributed by atoms with Crippen LogP contribution in [0.2, 0.25) is 0 Å². The number of carbonyl (C=O) groups excluding carboxylic acids is 2. The van der Waals surface area contributed by atoms with Gasteiger partial charge in [0.05, 0.1) is 19.3 Å². The van der Waals surface area contributed by atoms with Gasteiger partial charge in [-0.1, -0.05) is 25.5 Å². The zero-order valence-electron chi connectivity index (χ0n) is 15.8. The Hall–Kier alpha value is -2.08. The first-order valence-electron chi connectivity index (χ1n) is 9.59. The summed E-state index contributed by atoms with van der Waals surface area (Å²) in [5.74, 6) is 0.692. The number of likely N-dealkylation sites (tertiary alicyclic amines) is 1. The quantitative estimate of drug-likeness (QED) is 0.808. The Balaban J connectivity index is 1.61. The molecule has 2 fully saturated rings. The van der Waals surface area contributed by atoms with Crippen molar-refractivity contribution >= 4 is 17.5 Å². The molecule has 1 atom stereocenters. The number of nitrogens with zero attached hydrogens (tertiary/aromatic N) is 3. The lowest BCUT2D eigenvalue weighted by molar-refractivity contribution is -0.138. The number of amides is 2. The summed E-state index contributed by atoms with van der Waals surface area (Å²) in [6, 6.07) is 8.01. The van der Waals surface area contributed by atoms with Crippen molar-refractivity contribution in [3.05, 3.63) is 24.3 Å². The van der Waals surface area contributed by atoms with Crippen LogP contribution in [0.3, 0.4) is 0 Å². The number of rotatable bonds is 5. The van der Waals surface area contributed by atoms with E-state index in [1.54, 1.807) is 16.9 Å². The van der Waals surface area contributed by atoms with Crippen LogP contribution in [0.4, 0.5) is 5.69 Å². The third-order valence-corrected chi connectivity index (χ3v) is 5.51. The fourth-order valence-corrected chi connectivity index (χ4v) is 4.00. The first kappa shape index (κ1) is 18.7. The van der Waals surface area contributed by atoms with Gasteiger partial charge in [0.1, 0.15) is 12.3 Å². The molecule has 3 rings (SSSR count). The molecule has 0 saturated carbocycles. The van der Waals surface area contributed by atoms with Crippen molar-refractivity contribution in [2.45, 2.75) is 38.6 Å². The fraction of sp³-hybridized carbons (Fsp3) is 0.600. The Morgan fingerprint density at radius 1 is 1.19 bits per heavy atom. The molecule has 0 radical (unpaired) electrons. The number of hydrogen-bond acceptors (Lipinski definition) is 4. The topological polar surface area (TPSA) is 53.1 Å². The van der Waals surface area contributed by atoms with Crippen molar-refractivity contribution in [1.82, 2.24) is 9.80 Å². The van der Waals surface area contributed by atoms with Gasteiger partial charge in [-0.05, 0) is 37.9 Å². The number of carbonyl (C=O) groups is 2. The zero-order chi connectivity index (χ0) is 18.5. The average molecular weight is 359 g/mol. The van der Waals surface area contributed by atoms with Crippen LogP contribution in [-0.4, -0.2) is 67.5 Å². The van der Waals surface area contributed by atoms with E-state index in [4.69, 9.17) is 4.74 Å². The largest absolute Gasteiger partial charge is 0.495 e. The minimum Gasteiger partial charge on any atom is -0.495 e. The standard InChI is InChI=1S/C20H29N3O3/c1-3-16-8-6-7-11-21(16)14-19(24)22-12-13-23(20(25)15-22)17-9-4-5-10-18(17)26-2/h4-5,9-10,16H,3,6-8,11-15H2,1-2H3/t16-/m1/s1. The van der Waals surface area contributed by atoms with Crippen LogP contribution in [0.25, 0.3) is 0 Å². The van der Waals surface area contributed by atoms with Gasteiger partial charge in [0.25, 0.3) is 0 Å². The van der Waals surface area contributed by atoms with Crippen molar-refractivity contribution in [3.63, 3.8) is 0 Å². The van der Waals surface area contributed by atoms with Gasteiger partial charge in [-0.3, -0.25) is 14.5 Å². The monoisotopic (exact) mass is 359 g/mol. The summed E-state index contributed by atoms with van der Waals surface area (Å²) in [6.07, 6.45) is 4.65. The maximum Gasteiger partial charge on any atom is 0.246 e. The lowest BCUT2D eigenvalue weighted by Gasteiger charge is -2.38. The van der Waals surface area contributed by atoms with Crippen LogP contribution in [0, 0.1) is 0 Å². The van der Waals surface area contributed by atoms with Crippen molar-refractivity contribution in [3.8, 4) is 5.75 Å². The molecule has 0 unspecified atom stereocenters. The molecule has 0 N–H and O–H groups in total. The van der Waals surface area contributed by atoms with Gasteiger partial charge < -0.3 is 14.5 Å². The highest BCUT2D eigenvalue weighted by atomic mass is 16.5. The van der Waals surface area contributed by atoms with E-state index < -0.39 is 0 Å². The Labute approximate surface area is 155 Å². The molecule has 0 spiro atoms. The molecule has 2 heterocycles. The SMILES string of the molecule is CC[C@@H]1CCCCN1CC(=O)N1CCN(c2ccccc2OC)C(=O)C1. The predicted octanol–water partition coefficient (Wildman–Crippen LogP) is 2.13. The highest BCUT2D eigenvalue weighted by molar-refractivity contribution is 5.99. The summed E-state index contributed by atoms with van der Waals surface area (Å²) in [6.45, 7) is 4.81. The number of benzene rings is 1. The van der Waals surface area contributed by atoms with E-state index in [9.17, 15) is 9.59 Å². The normalized spacial score (nSPS) is 21.8. The van der Waals surface area contributed by atoms with Crippen molar-refractivity contribution in [1.29, 1.82) is 0 Å². The molecule has 2 saturated heterocycles. The number of hydrogen-bond donors (Lipinski definition) is 0. The smallest absolute Gasteiger partial charge is 0.246 e. The first-order valence-corrected chi connectivity index (χ1v) is 9.59. The van der Waals surface area contributed by atoms with Gasteiger partial charge in [-0.15, -0.1) is 0 Å². The number of piperazine rings is 1. The average Bonchev–Trinajstić information content (AvgIpc) is 2.68. The molecule has 0 aliphatic carbocycles. The third-order valence-electron chi connectivity index (χ3n) is 5.51. The highest BCUT2D eigenvalue weighted by Gasteiger charge is 2.31. The number of para-hydroxylation sites is 2. The van der Waals surface area contributed by atoms with E-state index in [0.29, 0.717) is 31.4 Å². The first-order chi connectivity index (χ1) is 12.6. The molecule has 26 heavy (non-hydrogen) atoms. The maximum absolute atomic E-state index is 12.7. The lowest BCUT2D eigenvalue weighted by Crippen LogP contribution is -2.55. The fourth-order valence-electron chi connectivity index (χ4n) is 4.00. The summed E-state index contributed by atoms with van der Waals surface area (Å²) >= 11 is 0. The maximum atomic E-state index is 12.7. The third kappa shape index (κ3) is 4.01. The molecule has 6 nitrogen and oxygen atoms in total. The van der Waals surface area contributed by atoms with Gasteiger partial charge in [0, 0.05) is 19.1 Å². The van der Waals surface area contributed by atoms with Crippen LogP contribution in [0.15, 0.2) is 24.3 Å². The molecule has 6 heteroatoms. The summed E-state index contributed by atoms with van der Waals surface area (Å²) < 4.78 is 5.36. The Kier molecular flexibility index (Phi) is 6.14. The minimum absolute atomic E-state index is 0.0558. The van der Waals surface area contributed by atoms with E-state index >= 15 is 0 Å². The van der Waals surface area contributed by atoms with Gasteiger partial charge >= 0.3 is 0 Å². The van der Waals surface area contributed by atoms with Crippen LogP contribution in [-0.2, 0) is 9.59 Å². The van der Waals surface area contributed by atoms with Crippen molar-refractivity contribution in [2.75, 3.05) is 44.7 Å². The molecule has 2 aliphatic heterocycles. The minimum atomic E-state index is -0.0558. The number of methoxy groups -OCH3 is 1. The van der Waals surface area contributed by atoms with E-state index in [2.05, 4.69) is 11.8 Å². The number of piperidine rings is 1. The van der Waals surface area contributed by atoms with Crippen LogP contribution in [0.1, 0.15) is 32.6 Å². The Morgan fingerprint density at radius 2 is 2.00 bits per heavy atom. The molecule has 2 aliphatic rings. The Morgan fingerprint density at radius 3 is 2.73 bits per heavy atom. The second-order valence-electron chi connectivity index (χ2n) is 7.06. The van der Waals surface area contributed by atoms with E-state index in [-0.39, 0.29) is 18.4 Å². The summed E-state index contributed by atoms with van der Waals surface area (Å²) in [4.78, 5) is 31.1. The lowest BCUT2D eigenvalue weighted by atomic mass is 10.00. The van der Waals surface area contributed by atoms with E-state index in [1.165, 1.54) is 12.8 Å².